The summed E-state index contributed by atoms with van der Waals surface area (Å²) in [6.45, 7) is 0. The standard InChI is InChI=1S/C32H25N3O5/c1-38-29-17-14-23(18-30(29)39-2)32(37)40-24-15-12-21(13-16-24)20-33-35-31(36)26-19-28(22-8-4-3-5-9-22)34-27-11-7-6-10-25(26)27/h3-20H,1-2H3,(H,35,36)/b33-20+. The van der Waals surface area contributed by atoms with E-state index in [0.29, 0.717) is 39.6 Å². The number of rotatable bonds is 8. The number of ether oxygens (including phenoxy) is 3. The van der Waals surface area contributed by atoms with E-state index in [1.807, 2.05) is 54.6 Å². The second-order valence-electron chi connectivity index (χ2n) is 8.67. The van der Waals surface area contributed by atoms with Crippen LogP contribution < -0.4 is 19.6 Å². The van der Waals surface area contributed by atoms with E-state index in [1.54, 1.807) is 48.5 Å². The minimum absolute atomic E-state index is 0.324. The van der Waals surface area contributed by atoms with E-state index >= 15 is 0 Å². The zero-order valence-corrected chi connectivity index (χ0v) is 21.8. The Hall–Kier alpha value is -5.50. The Balaban J connectivity index is 1.27. The van der Waals surface area contributed by atoms with E-state index in [9.17, 15) is 9.59 Å². The molecule has 4 aromatic carbocycles. The largest absolute Gasteiger partial charge is 0.493 e. The Morgan fingerprint density at radius 2 is 1.52 bits per heavy atom. The van der Waals surface area contributed by atoms with Crippen molar-refractivity contribution in [3.8, 4) is 28.5 Å². The zero-order chi connectivity index (χ0) is 27.9. The fraction of sp³-hybridized carbons (Fsp3) is 0.0625. The number of benzene rings is 4. The van der Waals surface area contributed by atoms with Crippen molar-refractivity contribution >= 4 is 29.0 Å². The van der Waals surface area contributed by atoms with Crippen molar-refractivity contribution in [2.75, 3.05) is 14.2 Å². The van der Waals surface area contributed by atoms with Gasteiger partial charge < -0.3 is 14.2 Å². The third-order valence-corrected chi connectivity index (χ3v) is 6.12. The molecule has 8 heteroatoms. The Kier molecular flexibility index (Phi) is 7.78. The average molecular weight is 532 g/mol. The Labute approximate surface area is 230 Å². The summed E-state index contributed by atoms with van der Waals surface area (Å²) in [4.78, 5) is 30.4. The lowest BCUT2D eigenvalue weighted by atomic mass is 10.0. The number of hydrogen-bond donors (Lipinski definition) is 1. The number of carbonyl (C=O) groups excluding carboxylic acids is 2. The number of nitrogens with one attached hydrogen (secondary N) is 1. The van der Waals surface area contributed by atoms with Gasteiger partial charge in [-0.3, -0.25) is 4.79 Å². The van der Waals surface area contributed by atoms with Crippen LogP contribution in [-0.2, 0) is 0 Å². The van der Waals surface area contributed by atoms with Gasteiger partial charge in [-0.25, -0.2) is 15.2 Å². The highest BCUT2D eigenvalue weighted by molar-refractivity contribution is 6.07. The topological polar surface area (TPSA) is 99.1 Å². The minimum Gasteiger partial charge on any atom is -0.493 e. The summed E-state index contributed by atoms with van der Waals surface area (Å²) in [5.74, 6) is 0.421. The highest BCUT2D eigenvalue weighted by atomic mass is 16.5. The van der Waals surface area contributed by atoms with Crippen LogP contribution in [0.1, 0.15) is 26.3 Å². The van der Waals surface area contributed by atoms with E-state index in [0.717, 1.165) is 16.5 Å². The molecule has 0 radical (unpaired) electrons. The Morgan fingerprint density at radius 3 is 2.27 bits per heavy atom. The monoisotopic (exact) mass is 531 g/mol. The first kappa shape index (κ1) is 26.1. The average Bonchev–Trinajstić information content (AvgIpc) is 3.01. The van der Waals surface area contributed by atoms with E-state index < -0.39 is 5.97 Å². The number of esters is 1. The number of fused-ring (bicyclic) bond motifs is 1. The SMILES string of the molecule is COc1ccc(C(=O)Oc2ccc(/C=N/NC(=O)c3cc(-c4ccccc4)nc4ccccc34)cc2)cc1OC. The molecule has 1 aromatic heterocycles. The molecule has 5 aromatic rings. The molecule has 1 amide bonds. The van der Waals surface area contributed by atoms with Gasteiger partial charge in [0, 0.05) is 10.9 Å². The molecule has 0 saturated carbocycles. The molecule has 0 fully saturated rings. The summed E-state index contributed by atoms with van der Waals surface area (Å²) in [7, 11) is 3.02. The summed E-state index contributed by atoms with van der Waals surface area (Å²) in [6.07, 6.45) is 1.51. The van der Waals surface area contributed by atoms with Crippen LogP contribution in [0.5, 0.6) is 17.2 Å². The summed E-state index contributed by atoms with van der Waals surface area (Å²) in [5, 5.41) is 4.85. The quantitative estimate of drug-likeness (QED) is 0.116. The molecule has 0 aliphatic rings. The van der Waals surface area contributed by atoms with Crippen LogP contribution in [0, 0.1) is 0 Å². The molecule has 0 spiro atoms. The zero-order valence-electron chi connectivity index (χ0n) is 21.8. The van der Waals surface area contributed by atoms with Crippen LogP contribution in [0.2, 0.25) is 0 Å². The molecule has 8 nitrogen and oxygen atoms in total. The van der Waals surface area contributed by atoms with Crippen molar-refractivity contribution in [2.24, 2.45) is 5.10 Å². The van der Waals surface area contributed by atoms with Crippen LogP contribution >= 0.6 is 0 Å². The predicted octanol–water partition coefficient (Wildman–Crippen LogP) is 5.90. The number of hydrazone groups is 1. The van der Waals surface area contributed by atoms with Crippen LogP contribution in [0.15, 0.2) is 108 Å². The maximum atomic E-state index is 13.1. The predicted molar refractivity (Wildman–Crippen MR) is 153 cm³/mol. The summed E-state index contributed by atoms with van der Waals surface area (Å²) in [6, 6.07) is 30.5. The molecule has 1 N–H and O–H groups in total. The maximum Gasteiger partial charge on any atom is 0.343 e. The molecule has 0 atom stereocenters. The first-order valence-electron chi connectivity index (χ1n) is 12.4. The molecule has 0 aliphatic heterocycles. The molecule has 0 aliphatic carbocycles. The number of pyridine rings is 1. The summed E-state index contributed by atoms with van der Waals surface area (Å²) < 4.78 is 15.9. The molecular weight excluding hydrogens is 506 g/mol. The number of nitrogens with zero attached hydrogens (tertiary/aromatic N) is 2. The third-order valence-electron chi connectivity index (χ3n) is 6.12. The number of carbonyl (C=O) groups is 2. The molecule has 1 heterocycles. The van der Waals surface area contributed by atoms with Crippen molar-refractivity contribution in [1.29, 1.82) is 0 Å². The Morgan fingerprint density at radius 1 is 0.800 bits per heavy atom. The van der Waals surface area contributed by atoms with Gasteiger partial charge in [0.2, 0.25) is 0 Å². The number of hydrogen-bond acceptors (Lipinski definition) is 7. The van der Waals surface area contributed by atoms with Gasteiger partial charge in [0.1, 0.15) is 5.75 Å². The van der Waals surface area contributed by atoms with E-state index in [1.165, 1.54) is 20.4 Å². The van der Waals surface area contributed by atoms with Crippen molar-refractivity contribution in [1.82, 2.24) is 10.4 Å². The lowest BCUT2D eigenvalue weighted by Crippen LogP contribution is -2.18. The highest BCUT2D eigenvalue weighted by Crippen LogP contribution is 2.28. The van der Waals surface area contributed by atoms with Gasteiger partial charge in [0.15, 0.2) is 11.5 Å². The molecule has 0 bridgehead atoms. The molecule has 0 unspecified atom stereocenters. The van der Waals surface area contributed by atoms with E-state index in [4.69, 9.17) is 19.2 Å². The fourth-order valence-corrected chi connectivity index (χ4v) is 4.10. The van der Waals surface area contributed by atoms with Crippen molar-refractivity contribution in [2.45, 2.75) is 0 Å². The van der Waals surface area contributed by atoms with Gasteiger partial charge in [0.25, 0.3) is 5.91 Å². The van der Waals surface area contributed by atoms with Crippen molar-refractivity contribution in [3.63, 3.8) is 0 Å². The second kappa shape index (κ2) is 11.9. The molecular formula is C32H25N3O5. The van der Waals surface area contributed by atoms with Crippen molar-refractivity contribution in [3.05, 3.63) is 120 Å². The lowest BCUT2D eigenvalue weighted by molar-refractivity contribution is 0.0734. The van der Waals surface area contributed by atoms with Gasteiger partial charge in [0.05, 0.1) is 42.8 Å². The number of amides is 1. The normalized spacial score (nSPS) is 10.8. The highest BCUT2D eigenvalue weighted by Gasteiger charge is 2.14. The van der Waals surface area contributed by atoms with Crippen LogP contribution in [0.25, 0.3) is 22.2 Å². The Bertz CT molecular complexity index is 1700. The maximum absolute atomic E-state index is 13.1. The minimum atomic E-state index is -0.533. The van der Waals surface area contributed by atoms with Gasteiger partial charge in [-0.1, -0.05) is 48.5 Å². The summed E-state index contributed by atoms with van der Waals surface area (Å²) >= 11 is 0. The van der Waals surface area contributed by atoms with Crippen molar-refractivity contribution < 1.29 is 23.8 Å². The smallest absolute Gasteiger partial charge is 0.343 e. The lowest BCUT2D eigenvalue weighted by Gasteiger charge is -2.09. The molecule has 5 rings (SSSR count). The van der Waals surface area contributed by atoms with Crippen LogP contribution in [-0.4, -0.2) is 37.3 Å². The number of aromatic nitrogens is 1. The van der Waals surface area contributed by atoms with Gasteiger partial charge in [-0.2, -0.15) is 5.10 Å². The van der Waals surface area contributed by atoms with E-state index in [2.05, 4.69) is 10.5 Å². The fourth-order valence-electron chi connectivity index (χ4n) is 4.10. The van der Waals surface area contributed by atoms with Gasteiger partial charge >= 0.3 is 5.97 Å². The number of methoxy groups -OCH3 is 2. The first-order valence-corrected chi connectivity index (χ1v) is 12.4. The van der Waals surface area contributed by atoms with E-state index in [-0.39, 0.29) is 5.91 Å². The first-order chi connectivity index (χ1) is 19.6. The third kappa shape index (κ3) is 5.81. The molecule has 0 saturated heterocycles. The van der Waals surface area contributed by atoms with Crippen LogP contribution in [0.4, 0.5) is 0 Å². The molecule has 198 valence electrons. The van der Waals surface area contributed by atoms with Crippen LogP contribution in [0.3, 0.4) is 0 Å². The van der Waals surface area contributed by atoms with Gasteiger partial charge in [-0.05, 0) is 60.2 Å². The number of para-hydroxylation sites is 1. The second-order valence-corrected chi connectivity index (χ2v) is 8.67. The summed E-state index contributed by atoms with van der Waals surface area (Å²) in [5.41, 5.74) is 6.44. The molecule has 40 heavy (non-hydrogen) atoms. The van der Waals surface area contributed by atoms with Gasteiger partial charge in [-0.15, -0.1) is 0 Å².